The molecule has 4 unspecified atom stereocenters. The highest BCUT2D eigenvalue weighted by Gasteiger charge is 2.41. The lowest BCUT2D eigenvalue weighted by Crippen LogP contribution is -2.58. The van der Waals surface area contributed by atoms with E-state index in [9.17, 15) is 19.2 Å². The molecule has 272 valence electrons. The molecule has 2 N–H and O–H groups in total. The number of aryl methyl sites for hydroxylation is 2. The first-order chi connectivity index (χ1) is 22.6. The Morgan fingerprint density at radius 1 is 0.776 bits per heavy atom. The van der Waals surface area contributed by atoms with Crippen LogP contribution in [-0.4, -0.2) is 58.1 Å². The Morgan fingerprint density at radius 3 is 1.88 bits per heavy atom. The lowest BCUT2D eigenvalue weighted by atomic mass is 9.92. The molecule has 9 heteroatoms. The summed E-state index contributed by atoms with van der Waals surface area (Å²) in [5.41, 5.74) is 1.77. The third-order valence-corrected chi connectivity index (χ3v) is 8.03. The van der Waals surface area contributed by atoms with E-state index < -0.39 is 59.2 Å². The molecule has 0 aromatic heterocycles. The third kappa shape index (κ3) is 13.5. The van der Waals surface area contributed by atoms with Gasteiger partial charge in [-0.2, -0.15) is 0 Å². The molecule has 4 atom stereocenters. The summed E-state index contributed by atoms with van der Waals surface area (Å²) in [7, 11) is 0. The lowest BCUT2D eigenvalue weighted by molar-refractivity contribution is -0.159. The molecule has 0 saturated carbocycles. The van der Waals surface area contributed by atoms with Gasteiger partial charge in [-0.3, -0.25) is 9.59 Å². The molecule has 0 aliphatic rings. The maximum atomic E-state index is 14.9. The van der Waals surface area contributed by atoms with Gasteiger partial charge < -0.3 is 25.0 Å². The number of hydrogen-bond donors (Lipinski definition) is 2. The van der Waals surface area contributed by atoms with Crippen molar-refractivity contribution in [3.63, 3.8) is 0 Å². The molecule has 2 rings (SSSR count). The maximum Gasteiger partial charge on any atom is 0.408 e. The van der Waals surface area contributed by atoms with Gasteiger partial charge in [-0.15, -0.1) is 0 Å². The molecule has 0 radical (unpaired) electrons. The Hall–Kier alpha value is -3.88. The summed E-state index contributed by atoms with van der Waals surface area (Å²) in [6.07, 6.45) is 0.920. The molecule has 9 nitrogen and oxygen atoms in total. The SMILES string of the molecule is Cc1ccc(C(C(=O)NC(Cc2ccccc2)C(=O)OC(C)(C)C)N(C(=O)C(NC(=O)OC(C)(C)C)C(C)C)C(C)CCC(C)C)c(C)c1. The number of rotatable bonds is 14. The summed E-state index contributed by atoms with van der Waals surface area (Å²) in [6.45, 7) is 24.4. The first kappa shape index (κ1) is 41.3. The Bertz CT molecular complexity index is 1410. The van der Waals surface area contributed by atoms with E-state index in [0.29, 0.717) is 17.9 Å². The van der Waals surface area contributed by atoms with Crippen molar-refractivity contribution in [3.8, 4) is 0 Å². The number of benzene rings is 2. The van der Waals surface area contributed by atoms with Crippen molar-refractivity contribution >= 4 is 23.9 Å². The molecular formula is C40H61N3O6. The summed E-state index contributed by atoms with van der Waals surface area (Å²) in [5, 5.41) is 5.81. The molecule has 2 aromatic carbocycles. The topological polar surface area (TPSA) is 114 Å². The first-order valence-corrected chi connectivity index (χ1v) is 17.6. The van der Waals surface area contributed by atoms with Crippen LogP contribution in [0.2, 0.25) is 0 Å². The number of amides is 3. The van der Waals surface area contributed by atoms with E-state index in [0.717, 1.165) is 23.1 Å². The van der Waals surface area contributed by atoms with E-state index in [4.69, 9.17) is 9.47 Å². The zero-order chi connectivity index (χ0) is 37.3. The molecule has 0 aliphatic heterocycles. The highest BCUT2D eigenvalue weighted by atomic mass is 16.6. The van der Waals surface area contributed by atoms with Gasteiger partial charge in [-0.25, -0.2) is 9.59 Å². The largest absolute Gasteiger partial charge is 0.458 e. The molecule has 3 amide bonds. The number of carbonyl (C=O) groups excluding carboxylic acids is 4. The van der Waals surface area contributed by atoms with Crippen molar-refractivity contribution in [2.75, 3.05) is 0 Å². The van der Waals surface area contributed by atoms with Gasteiger partial charge in [0.1, 0.15) is 29.3 Å². The predicted octanol–water partition coefficient (Wildman–Crippen LogP) is 7.62. The molecule has 0 aliphatic carbocycles. The van der Waals surface area contributed by atoms with Gasteiger partial charge in [0.25, 0.3) is 0 Å². The molecule has 0 heterocycles. The Balaban J connectivity index is 2.75. The van der Waals surface area contributed by atoms with Crippen molar-refractivity contribution < 1.29 is 28.7 Å². The smallest absolute Gasteiger partial charge is 0.408 e. The second-order valence-electron chi connectivity index (χ2n) is 16.0. The zero-order valence-corrected chi connectivity index (χ0v) is 32.1. The van der Waals surface area contributed by atoms with Gasteiger partial charge in [-0.1, -0.05) is 81.8 Å². The van der Waals surface area contributed by atoms with E-state index >= 15 is 0 Å². The van der Waals surface area contributed by atoms with Crippen molar-refractivity contribution in [1.82, 2.24) is 15.5 Å². The highest BCUT2D eigenvalue weighted by molar-refractivity contribution is 5.94. The number of ether oxygens (including phenoxy) is 2. The number of esters is 1. The van der Waals surface area contributed by atoms with Crippen LogP contribution in [0.4, 0.5) is 4.79 Å². The number of nitrogens with one attached hydrogen (secondary N) is 2. The van der Waals surface area contributed by atoms with E-state index in [1.54, 1.807) is 46.4 Å². The fraction of sp³-hybridized carbons (Fsp3) is 0.600. The van der Waals surface area contributed by atoms with Crippen LogP contribution in [0.15, 0.2) is 48.5 Å². The van der Waals surface area contributed by atoms with Gasteiger partial charge in [0, 0.05) is 12.5 Å². The minimum Gasteiger partial charge on any atom is -0.458 e. The zero-order valence-electron chi connectivity index (χ0n) is 32.1. The standard InChI is InChI=1S/C40H61N3O6/c1-25(2)19-21-29(7)43(36(45)33(26(3)4)42-38(47)49-40(11,12)13)34(31-22-20-27(5)23-28(31)6)35(44)41-32(37(46)48-39(8,9)10)24-30-17-15-14-16-18-30/h14-18,20,22-23,25-26,29,32-34H,19,21,24H2,1-13H3,(H,41,44)(H,42,47). The molecule has 49 heavy (non-hydrogen) atoms. The fourth-order valence-electron chi connectivity index (χ4n) is 5.64. The van der Waals surface area contributed by atoms with E-state index in [2.05, 4.69) is 24.5 Å². The molecule has 0 fully saturated rings. The molecule has 0 spiro atoms. The van der Waals surface area contributed by atoms with Crippen molar-refractivity contribution in [1.29, 1.82) is 0 Å². The Kier molecular flexibility index (Phi) is 14.9. The number of nitrogens with zero attached hydrogens (tertiary/aromatic N) is 1. The van der Waals surface area contributed by atoms with Gasteiger partial charge in [0.2, 0.25) is 11.8 Å². The van der Waals surface area contributed by atoms with Crippen LogP contribution in [0.1, 0.15) is 117 Å². The van der Waals surface area contributed by atoms with Gasteiger partial charge in [0.05, 0.1) is 0 Å². The monoisotopic (exact) mass is 679 g/mol. The number of carbonyl (C=O) groups is 4. The molecule has 2 aromatic rings. The van der Waals surface area contributed by atoms with Crippen molar-refractivity contribution in [2.45, 2.75) is 145 Å². The van der Waals surface area contributed by atoms with Crippen LogP contribution in [0.3, 0.4) is 0 Å². The molecular weight excluding hydrogens is 618 g/mol. The Labute approximate surface area is 294 Å². The highest BCUT2D eigenvalue weighted by Crippen LogP contribution is 2.31. The Morgan fingerprint density at radius 2 is 1.37 bits per heavy atom. The van der Waals surface area contributed by atoms with Crippen LogP contribution >= 0.6 is 0 Å². The summed E-state index contributed by atoms with van der Waals surface area (Å²) < 4.78 is 11.3. The molecule has 0 bridgehead atoms. The summed E-state index contributed by atoms with van der Waals surface area (Å²) in [5.74, 6) is -1.45. The van der Waals surface area contributed by atoms with Crippen LogP contribution in [0.5, 0.6) is 0 Å². The van der Waals surface area contributed by atoms with E-state index in [-0.39, 0.29) is 12.3 Å². The number of alkyl carbamates (subject to hydrolysis) is 1. The lowest BCUT2D eigenvalue weighted by Gasteiger charge is -2.40. The van der Waals surface area contributed by atoms with E-state index in [1.807, 2.05) is 83.1 Å². The maximum absolute atomic E-state index is 14.9. The van der Waals surface area contributed by atoms with Crippen LogP contribution < -0.4 is 10.6 Å². The van der Waals surface area contributed by atoms with E-state index in [1.165, 1.54) is 0 Å². The van der Waals surface area contributed by atoms with Gasteiger partial charge >= 0.3 is 12.1 Å². The van der Waals surface area contributed by atoms with Gasteiger partial charge in [-0.05, 0) is 104 Å². The predicted molar refractivity (Wildman–Crippen MR) is 195 cm³/mol. The molecule has 0 saturated heterocycles. The average Bonchev–Trinajstić information content (AvgIpc) is 2.95. The fourth-order valence-corrected chi connectivity index (χ4v) is 5.64. The average molecular weight is 680 g/mol. The van der Waals surface area contributed by atoms with Crippen LogP contribution in [-0.2, 0) is 30.3 Å². The minimum atomic E-state index is -1.11. The minimum absolute atomic E-state index is 0.201. The summed E-state index contributed by atoms with van der Waals surface area (Å²) in [6, 6.07) is 11.7. The first-order valence-electron chi connectivity index (χ1n) is 17.6. The second-order valence-corrected chi connectivity index (χ2v) is 16.0. The second kappa shape index (κ2) is 17.7. The normalized spacial score (nSPS) is 14.4. The quantitative estimate of drug-likeness (QED) is 0.199. The summed E-state index contributed by atoms with van der Waals surface area (Å²) >= 11 is 0. The van der Waals surface area contributed by atoms with Crippen LogP contribution in [0.25, 0.3) is 0 Å². The van der Waals surface area contributed by atoms with Crippen molar-refractivity contribution in [2.24, 2.45) is 11.8 Å². The van der Waals surface area contributed by atoms with Crippen molar-refractivity contribution in [3.05, 3.63) is 70.8 Å². The van der Waals surface area contributed by atoms with Gasteiger partial charge in [0.15, 0.2) is 0 Å². The number of hydrogen-bond acceptors (Lipinski definition) is 6. The third-order valence-electron chi connectivity index (χ3n) is 8.03. The van der Waals surface area contributed by atoms with Crippen LogP contribution in [0, 0.1) is 25.7 Å². The summed E-state index contributed by atoms with van der Waals surface area (Å²) in [4.78, 5) is 57.9.